The molecule has 7 nitrogen and oxygen atoms in total. The van der Waals surface area contributed by atoms with Gasteiger partial charge in [-0.15, -0.1) is 0 Å². The molecule has 3 aromatic rings. The van der Waals surface area contributed by atoms with Crippen molar-refractivity contribution >= 4 is 32.6 Å². The molecule has 0 bridgehead atoms. The topological polar surface area (TPSA) is 96.7 Å². The van der Waals surface area contributed by atoms with Crippen LogP contribution in [0.15, 0.2) is 56.6 Å². The minimum absolute atomic E-state index is 0.0313. The molecular weight excluding hydrogens is 428 g/mol. The van der Waals surface area contributed by atoms with Gasteiger partial charge < -0.3 is 9.73 Å². The maximum Gasteiger partial charge on any atom is 0.291 e. The van der Waals surface area contributed by atoms with Gasteiger partial charge in [-0.2, -0.15) is 4.31 Å². The molecule has 2 aromatic carbocycles. The van der Waals surface area contributed by atoms with Gasteiger partial charge in [0.05, 0.1) is 10.3 Å². The van der Waals surface area contributed by atoms with Gasteiger partial charge in [-0.3, -0.25) is 9.59 Å². The highest BCUT2D eigenvalue weighted by Gasteiger charge is 2.30. The van der Waals surface area contributed by atoms with Crippen molar-refractivity contribution in [1.29, 1.82) is 0 Å². The Morgan fingerprint density at radius 2 is 1.81 bits per heavy atom. The monoisotopic (exact) mass is 454 g/mol. The molecule has 0 spiro atoms. The minimum atomic E-state index is -3.59. The Balaban J connectivity index is 1.56. The van der Waals surface area contributed by atoms with Crippen LogP contribution in [0.3, 0.4) is 0 Å². The van der Waals surface area contributed by atoms with Crippen molar-refractivity contribution in [2.75, 3.05) is 11.9 Å². The van der Waals surface area contributed by atoms with Crippen LogP contribution in [-0.2, 0) is 10.0 Å². The van der Waals surface area contributed by atoms with Crippen molar-refractivity contribution in [3.63, 3.8) is 0 Å². The van der Waals surface area contributed by atoms with Crippen molar-refractivity contribution in [2.24, 2.45) is 0 Å². The summed E-state index contributed by atoms with van der Waals surface area (Å²) in [5.74, 6) is -0.683. The van der Waals surface area contributed by atoms with E-state index in [1.54, 1.807) is 6.07 Å². The summed E-state index contributed by atoms with van der Waals surface area (Å²) in [7, 11) is -3.59. The number of piperidine rings is 1. The number of fused-ring (bicyclic) bond motifs is 1. The number of carbonyl (C=O) groups is 1. The Kier molecular flexibility index (Phi) is 5.92. The highest BCUT2D eigenvalue weighted by Crippen LogP contribution is 2.26. The first-order chi connectivity index (χ1) is 15.2. The van der Waals surface area contributed by atoms with Crippen molar-refractivity contribution in [3.8, 4) is 0 Å². The van der Waals surface area contributed by atoms with Crippen LogP contribution in [0.1, 0.15) is 47.9 Å². The molecule has 4 rings (SSSR count). The number of carbonyl (C=O) groups excluding carboxylic acids is 1. The number of aryl methyl sites for hydroxylation is 2. The Morgan fingerprint density at radius 3 is 2.50 bits per heavy atom. The third-order valence-corrected chi connectivity index (χ3v) is 7.87. The predicted molar refractivity (Wildman–Crippen MR) is 124 cm³/mol. The number of anilines is 1. The van der Waals surface area contributed by atoms with E-state index in [2.05, 4.69) is 5.32 Å². The van der Waals surface area contributed by atoms with Crippen LogP contribution in [0.25, 0.3) is 11.0 Å². The van der Waals surface area contributed by atoms with Gasteiger partial charge in [-0.25, -0.2) is 8.42 Å². The first-order valence-corrected chi connectivity index (χ1v) is 12.1. The van der Waals surface area contributed by atoms with Gasteiger partial charge in [0.25, 0.3) is 5.91 Å². The molecule has 1 amide bonds. The summed E-state index contributed by atoms with van der Waals surface area (Å²) < 4.78 is 33.2. The van der Waals surface area contributed by atoms with Crippen molar-refractivity contribution in [1.82, 2.24) is 4.31 Å². The van der Waals surface area contributed by atoms with E-state index in [0.29, 0.717) is 23.2 Å². The van der Waals surface area contributed by atoms with Gasteiger partial charge in [0.15, 0.2) is 11.2 Å². The van der Waals surface area contributed by atoms with Gasteiger partial charge in [-0.1, -0.05) is 12.5 Å². The van der Waals surface area contributed by atoms with Crippen LogP contribution in [0.5, 0.6) is 0 Å². The summed E-state index contributed by atoms with van der Waals surface area (Å²) in [6.45, 7) is 6.15. The number of nitrogens with zero attached hydrogens (tertiary/aromatic N) is 1. The maximum atomic E-state index is 13.0. The lowest BCUT2D eigenvalue weighted by Crippen LogP contribution is -2.41. The molecule has 32 heavy (non-hydrogen) atoms. The zero-order valence-electron chi connectivity index (χ0n) is 18.3. The van der Waals surface area contributed by atoms with Gasteiger partial charge in [0.2, 0.25) is 10.0 Å². The van der Waals surface area contributed by atoms with Gasteiger partial charge in [0.1, 0.15) is 5.58 Å². The summed E-state index contributed by atoms with van der Waals surface area (Å²) in [6.07, 6.45) is 2.74. The van der Waals surface area contributed by atoms with Crippen LogP contribution >= 0.6 is 0 Å². The molecule has 1 saturated heterocycles. The fourth-order valence-electron chi connectivity index (χ4n) is 4.19. The lowest BCUT2D eigenvalue weighted by molar-refractivity contribution is 0.0997. The highest BCUT2D eigenvalue weighted by atomic mass is 32.2. The molecule has 1 aromatic heterocycles. The normalized spacial score (nSPS) is 17.4. The Morgan fingerprint density at radius 1 is 1.09 bits per heavy atom. The summed E-state index contributed by atoms with van der Waals surface area (Å²) >= 11 is 0. The first kappa shape index (κ1) is 22.2. The average molecular weight is 455 g/mol. The summed E-state index contributed by atoms with van der Waals surface area (Å²) in [5.41, 5.74) is 2.20. The molecule has 1 N–H and O–H groups in total. The van der Waals surface area contributed by atoms with Gasteiger partial charge in [-0.05, 0) is 75.1 Å². The molecule has 1 atom stereocenters. The Bertz CT molecular complexity index is 1340. The molecule has 0 radical (unpaired) electrons. The van der Waals surface area contributed by atoms with Crippen LogP contribution in [0.2, 0.25) is 0 Å². The molecule has 0 aliphatic carbocycles. The molecule has 1 aliphatic heterocycles. The number of benzene rings is 2. The van der Waals surface area contributed by atoms with E-state index < -0.39 is 15.9 Å². The average Bonchev–Trinajstić information content (AvgIpc) is 2.75. The van der Waals surface area contributed by atoms with Crippen LogP contribution in [-0.4, -0.2) is 31.2 Å². The number of amides is 1. The summed E-state index contributed by atoms with van der Waals surface area (Å²) in [4.78, 5) is 25.4. The number of hydrogen-bond acceptors (Lipinski definition) is 5. The second kappa shape index (κ2) is 8.52. The molecule has 8 heteroatoms. The highest BCUT2D eigenvalue weighted by molar-refractivity contribution is 7.89. The predicted octanol–water partition coefficient (Wildman–Crippen LogP) is 4.23. The summed E-state index contributed by atoms with van der Waals surface area (Å²) in [5, 5.41) is 3.10. The smallest absolute Gasteiger partial charge is 0.291 e. The van der Waals surface area contributed by atoms with Crippen molar-refractivity contribution in [3.05, 3.63) is 69.6 Å². The van der Waals surface area contributed by atoms with Crippen LogP contribution < -0.4 is 10.7 Å². The fraction of sp³-hybridized carbons (Fsp3) is 0.333. The third kappa shape index (κ3) is 4.20. The second-order valence-corrected chi connectivity index (χ2v) is 10.3. The molecular formula is C24H26N2O5S. The number of nitrogens with one attached hydrogen (secondary N) is 1. The third-order valence-electron chi connectivity index (χ3n) is 5.84. The zero-order valence-corrected chi connectivity index (χ0v) is 19.2. The Hall–Kier alpha value is -2.97. The number of rotatable bonds is 4. The van der Waals surface area contributed by atoms with E-state index in [4.69, 9.17) is 4.42 Å². The van der Waals surface area contributed by atoms with Crippen molar-refractivity contribution in [2.45, 2.75) is 51.0 Å². The van der Waals surface area contributed by atoms with E-state index >= 15 is 0 Å². The molecule has 0 unspecified atom stereocenters. The lowest BCUT2D eigenvalue weighted by Gasteiger charge is -2.32. The van der Waals surface area contributed by atoms with Gasteiger partial charge >= 0.3 is 0 Å². The molecule has 0 saturated carbocycles. The van der Waals surface area contributed by atoms with Crippen LogP contribution in [0, 0.1) is 13.8 Å². The zero-order chi connectivity index (χ0) is 23.0. The second-order valence-electron chi connectivity index (χ2n) is 8.37. The minimum Gasteiger partial charge on any atom is -0.450 e. The molecule has 168 valence electrons. The first-order valence-electron chi connectivity index (χ1n) is 10.6. The maximum absolute atomic E-state index is 13.0. The quantitative estimate of drug-likeness (QED) is 0.636. The lowest BCUT2D eigenvalue weighted by atomic mass is 10.1. The van der Waals surface area contributed by atoms with E-state index in [-0.39, 0.29) is 22.1 Å². The SMILES string of the molecule is Cc1cc(C)c2oc(C(=O)Nc3ccc(S(=O)(=O)N4CCCC[C@@H]4C)cc3)cc(=O)c2c1. The largest absolute Gasteiger partial charge is 0.450 e. The number of sulfonamides is 1. The van der Waals surface area contributed by atoms with E-state index in [9.17, 15) is 18.0 Å². The van der Waals surface area contributed by atoms with Crippen molar-refractivity contribution < 1.29 is 17.6 Å². The fourth-order valence-corrected chi connectivity index (χ4v) is 5.89. The summed E-state index contributed by atoms with van der Waals surface area (Å²) in [6, 6.07) is 10.8. The Labute approximate surface area is 187 Å². The standard InChI is InChI=1S/C24H26N2O5S/c1-15-12-16(2)23-20(13-15)21(27)14-22(31-23)24(28)25-18-7-9-19(10-8-18)32(29,30)26-11-5-4-6-17(26)3/h7-10,12-14,17H,4-6,11H2,1-3H3,(H,25,28)/t17-/m0/s1. The molecule has 1 fully saturated rings. The van der Waals surface area contributed by atoms with E-state index in [0.717, 1.165) is 30.4 Å². The van der Waals surface area contributed by atoms with Crippen LogP contribution in [0.4, 0.5) is 5.69 Å². The number of hydrogen-bond donors (Lipinski definition) is 1. The van der Waals surface area contributed by atoms with E-state index in [1.807, 2.05) is 26.8 Å². The molecule has 1 aliphatic rings. The van der Waals surface area contributed by atoms with Gasteiger partial charge in [0, 0.05) is 24.3 Å². The van der Waals surface area contributed by atoms with E-state index in [1.165, 1.54) is 34.6 Å². The molecule has 2 heterocycles.